The van der Waals surface area contributed by atoms with Crippen molar-refractivity contribution in [2.24, 2.45) is 5.92 Å². The summed E-state index contributed by atoms with van der Waals surface area (Å²) in [6.45, 7) is 1.63. The lowest BCUT2D eigenvalue weighted by atomic mass is 9.82. The van der Waals surface area contributed by atoms with Gasteiger partial charge in [0.15, 0.2) is 0 Å². The first-order valence-corrected chi connectivity index (χ1v) is 16.1. The highest BCUT2D eigenvalue weighted by atomic mass is 32.2. The Labute approximate surface area is 272 Å². The molecule has 6 rings (SSSR count). The summed E-state index contributed by atoms with van der Waals surface area (Å²) in [6, 6.07) is 20.1. The molecule has 1 fully saturated rings. The first kappa shape index (κ1) is 31.1. The number of hydrogen-bond acceptors (Lipinski definition) is 10. The number of benzene rings is 3. The van der Waals surface area contributed by atoms with E-state index < -0.39 is 40.8 Å². The number of hydrogen-bond donors (Lipinski definition) is 1. The number of carbonyl (C=O) groups is 4. The van der Waals surface area contributed by atoms with E-state index in [2.05, 4.69) is 5.32 Å². The maximum absolute atomic E-state index is 14.2. The van der Waals surface area contributed by atoms with Crippen LogP contribution in [0.3, 0.4) is 0 Å². The number of para-hydroxylation sites is 1. The molecule has 236 valence electrons. The third-order valence-electron chi connectivity index (χ3n) is 7.84. The first-order chi connectivity index (χ1) is 22.2. The standard InChI is InChI=1S/C33H29N3O8S2/c1-4-44-32(40)18-9-13-20(14-10-18)36-29(38)26-25(22-7-5-6-8-23(22)43-3)28-31(45-27(26)30(36)39)35(33(41)46-28)17-24(37)34-19-11-15-21(42-2)16-12-19/h5-16,25-27H,4,17H2,1-3H3,(H,34,37)/t25-,26?,27?/m1/s1. The van der Waals surface area contributed by atoms with Gasteiger partial charge in [-0.3, -0.25) is 23.7 Å². The number of thiazole rings is 1. The molecule has 3 amide bonds. The van der Waals surface area contributed by atoms with Crippen LogP contribution in [-0.4, -0.2) is 54.3 Å². The van der Waals surface area contributed by atoms with E-state index >= 15 is 0 Å². The van der Waals surface area contributed by atoms with Crippen molar-refractivity contribution in [2.45, 2.75) is 29.7 Å². The van der Waals surface area contributed by atoms with Gasteiger partial charge in [-0.05, 0) is 61.5 Å². The predicted molar refractivity (Wildman–Crippen MR) is 173 cm³/mol. The molecule has 1 saturated heterocycles. The average Bonchev–Trinajstić information content (AvgIpc) is 3.51. The van der Waals surface area contributed by atoms with E-state index in [0.717, 1.165) is 28.0 Å². The van der Waals surface area contributed by atoms with Crippen molar-refractivity contribution >= 4 is 58.2 Å². The molecule has 0 spiro atoms. The number of anilines is 2. The fourth-order valence-corrected chi connectivity index (χ4v) is 8.51. The topological polar surface area (TPSA) is 133 Å². The van der Waals surface area contributed by atoms with Crippen LogP contribution >= 0.6 is 23.1 Å². The number of nitrogens with zero attached hydrogens (tertiary/aromatic N) is 2. The number of methoxy groups -OCH3 is 2. The number of fused-ring (bicyclic) bond motifs is 2. The van der Waals surface area contributed by atoms with Gasteiger partial charge in [0.1, 0.15) is 23.3 Å². The Morgan fingerprint density at radius 2 is 1.61 bits per heavy atom. The molecule has 0 aliphatic carbocycles. The second kappa shape index (κ2) is 12.9. The smallest absolute Gasteiger partial charge is 0.338 e. The molecule has 1 N–H and O–H groups in total. The second-order valence-corrected chi connectivity index (χ2v) is 12.6. The Balaban J connectivity index is 1.38. The van der Waals surface area contributed by atoms with E-state index in [1.165, 1.54) is 35.9 Å². The van der Waals surface area contributed by atoms with Crippen LogP contribution in [0.25, 0.3) is 0 Å². The third-order valence-corrected chi connectivity index (χ3v) is 10.4. The number of aromatic nitrogens is 1. The fraction of sp³-hybridized carbons (Fsp3) is 0.242. The zero-order valence-corrected chi connectivity index (χ0v) is 26.7. The SMILES string of the molecule is CCOC(=O)c1ccc(N2C(=O)C3Sc4c(sc(=O)n4CC(=O)Nc4ccc(OC)cc4)[C@H](c4ccccc4OC)C3C2=O)cc1. The van der Waals surface area contributed by atoms with E-state index in [-0.39, 0.29) is 18.0 Å². The fourth-order valence-electron chi connectivity index (χ4n) is 5.75. The maximum Gasteiger partial charge on any atom is 0.338 e. The molecular formula is C33H29N3O8S2. The highest BCUT2D eigenvalue weighted by Gasteiger charge is 2.57. The summed E-state index contributed by atoms with van der Waals surface area (Å²) >= 11 is 2.07. The number of thioether (sulfide) groups is 1. The lowest BCUT2D eigenvalue weighted by Crippen LogP contribution is -2.33. The van der Waals surface area contributed by atoms with Crippen molar-refractivity contribution in [3.05, 3.63) is 98.5 Å². The van der Waals surface area contributed by atoms with E-state index in [1.807, 2.05) is 12.1 Å². The minimum atomic E-state index is -0.885. The Morgan fingerprint density at radius 1 is 0.891 bits per heavy atom. The minimum Gasteiger partial charge on any atom is -0.497 e. The number of esters is 1. The number of imide groups is 1. The minimum absolute atomic E-state index is 0.215. The molecule has 0 bridgehead atoms. The molecule has 2 aliphatic heterocycles. The van der Waals surface area contributed by atoms with Crippen LogP contribution in [0.15, 0.2) is 82.6 Å². The van der Waals surface area contributed by atoms with Gasteiger partial charge in [-0.1, -0.05) is 41.3 Å². The lowest BCUT2D eigenvalue weighted by Gasteiger charge is -2.31. The van der Waals surface area contributed by atoms with Gasteiger partial charge in [0.05, 0.1) is 43.0 Å². The normalized spacial score (nSPS) is 18.5. The van der Waals surface area contributed by atoms with Crippen LogP contribution in [-0.2, 0) is 25.7 Å². The first-order valence-electron chi connectivity index (χ1n) is 14.4. The molecule has 3 aromatic carbocycles. The summed E-state index contributed by atoms with van der Waals surface area (Å²) in [4.78, 5) is 68.3. The molecule has 11 nitrogen and oxygen atoms in total. The molecule has 3 atom stereocenters. The molecule has 2 unspecified atom stereocenters. The van der Waals surface area contributed by atoms with Crippen molar-refractivity contribution in [3.63, 3.8) is 0 Å². The lowest BCUT2D eigenvalue weighted by molar-refractivity contribution is -0.122. The number of amides is 3. The molecule has 46 heavy (non-hydrogen) atoms. The molecule has 3 heterocycles. The second-order valence-electron chi connectivity index (χ2n) is 10.5. The summed E-state index contributed by atoms with van der Waals surface area (Å²) in [7, 11) is 3.06. The van der Waals surface area contributed by atoms with Crippen molar-refractivity contribution in [3.8, 4) is 11.5 Å². The molecular weight excluding hydrogens is 631 g/mol. The highest BCUT2D eigenvalue weighted by Crippen LogP contribution is 2.55. The van der Waals surface area contributed by atoms with Crippen molar-refractivity contribution in [1.29, 1.82) is 0 Å². The number of carbonyl (C=O) groups excluding carboxylic acids is 4. The van der Waals surface area contributed by atoms with Gasteiger partial charge in [-0.25, -0.2) is 9.69 Å². The van der Waals surface area contributed by atoms with Gasteiger partial charge in [0.2, 0.25) is 17.7 Å². The Morgan fingerprint density at radius 3 is 2.28 bits per heavy atom. The molecule has 2 aliphatic rings. The zero-order valence-electron chi connectivity index (χ0n) is 25.1. The summed E-state index contributed by atoms with van der Waals surface area (Å²) in [5.41, 5.74) is 1.79. The quantitative estimate of drug-likeness (QED) is 0.203. The van der Waals surface area contributed by atoms with Crippen LogP contribution < -0.4 is 24.6 Å². The summed E-state index contributed by atoms with van der Waals surface area (Å²) in [6.07, 6.45) is 0. The Bertz CT molecular complexity index is 1880. The molecule has 13 heteroatoms. The van der Waals surface area contributed by atoms with Crippen LogP contribution in [0.2, 0.25) is 0 Å². The van der Waals surface area contributed by atoms with E-state index in [0.29, 0.717) is 43.9 Å². The molecule has 0 radical (unpaired) electrons. The Kier molecular flexibility index (Phi) is 8.69. The Hall–Kier alpha value is -4.88. The van der Waals surface area contributed by atoms with Crippen LogP contribution in [0, 0.1) is 5.92 Å². The van der Waals surface area contributed by atoms with E-state index in [4.69, 9.17) is 14.2 Å². The monoisotopic (exact) mass is 659 g/mol. The average molecular weight is 660 g/mol. The van der Waals surface area contributed by atoms with Gasteiger partial charge in [-0.15, -0.1) is 0 Å². The highest BCUT2D eigenvalue weighted by molar-refractivity contribution is 8.00. The van der Waals surface area contributed by atoms with Crippen molar-refractivity contribution in [2.75, 3.05) is 31.0 Å². The zero-order chi connectivity index (χ0) is 32.5. The number of rotatable bonds is 9. The van der Waals surface area contributed by atoms with Gasteiger partial charge >= 0.3 is 10.8 Å². The van der Waals surface area contributed by atoms with Gasteiger partial charge in [0, 0.05) is 22.0 Å². The van der Waals surface area contributed by atoms with E-state index in [9.17, 15) is 24.0 Å². The third kappa shape index (κ3) is 5.56. The van der Waals surface area contributed by atoms with Crippen LogP contribution in [0.1, 0.15) is 33.6 Å². The molecule has 1 aromatic heterocycles. The number of ether oxygens (including phenoxy) is 3. The summed E-state index contributed by atoms with van der Waals surface area (Å²) in [5.74, 6) is -2.24. The summed E-state index contributed by atoms with van der Waals surface area (Å²) in [5, 5.41) is 2.37. The summed E-state index contributed by atoms with van der Waals surface area (Å²) < 4.78 is 17.2. The molecule has 4 aromatic rings. The largest absolute Gasteiger partial charge is 0.497 e. The van der Waals surface area contributed by atoms with E-state index in [1.54, 1.807) is 50.4 Å². The maximum atomic E-state index is 14.2. The van der Waals surface area contributed by atoms with Gasteiger partial charge in [0.25, 0.3) is 0 Å². The number of nitrogens with one attached hydrogen (secondary N) is 1. The van der Waals surface area contributed by atoms with Gasteiger partial charge in [-0.2, -0.15) is 0 Å². The predicted octanol–water partition coefficient (Wildman–Crippen LogP) is 4.54. The van der Waals surface area contributed by atoms with Gasteiger partial charge < -0.3 is 19.5 Å². The van der Waals surface area contributed by atoms with Crippen LogP contribution in [0.5, 0.6) is 11.5 Å². The van der Waals surface area contributed by atoms with Crippen LogP contribution in [0.4, 0.5) is 11.4 Å². The van der Waals surface area contributed by atoms with Crippen molar-refractivity contribution in [1.82, 2.24) is 4.57 Å². The van der Waals surface area contributed by atoms with Crippen molar-refractivity contribution < 1.29 is 33.4 Å². The molecule has 0 saturated carbocycles.